The van der Waals surface area contributed by atoms with E-state index < -0.39 is 5.91 Å². The first-order valence-electron chi connectivity index (χ1n) is 5.81. The smallest absolute Gasteiger partial charge is 0.251 e. The van der Waals surface area contributed by atoms with Crippen LogP contribution in [0.5, 0.6) is 0 Å². The average Bonchev–Trinajstić information content (AvgIpc) is 2.80. The monoisotopic (exact) mass is 285 g/mol. The SMILES string of the molecule is NC(=O)c1cccnc1Sc1nc2ccc(N)cc2[nH]1. The van der Waals surface area contributed by atoms with Gasteiger partial charge in [-0.1, -0.05) is 0 Å². The molecule has 100 valence electrons. The van der Waals surface area contributed by atoms with Gasteiger partial charge < -0.3 is 16.5 Å². The third-order valence-corrected chi connectivity index (χ3v) is 3.62. The minimum absolute atomic E-state index is 0.373. The quantitative estimate of drug-likeness (QED) is 0.635. The van der Waals surface area contributed by atoms with Gasteiger partial charge in [0, 0.05) is 11.9 Å². The van der Waals surface area contributed by atoms with E-state index in [4.69, 9.17) is 11.5 Å². The lowest BCUT2D eigenvalue weighted by Gasteiger charge is -2.01. The second-order valence-electron chi connectivity index (χ2n) is 4.14. The summed E-state index contributed by atoms with van der Waals surface area (Å²) in [6.07, 6.45) is 1.61. The van der Waals surface area contributed by atoms with Crippen LogP contribution in [-0.2, 0) is 0 Å². The van der Waals surface area contributed by atoms with Crippen molar-refractivity contribution >= 4 is 34.4 Å². The van der Waals surface area contributed by atoms with Crippen LogP contribution >= 0.6 is 11.8 Å². The molecule has 7 heteroatoms. The molecular formula is C13H11N5OS. The number of amides is 1. The largest absolute Gasteiger partial charge is 0.399 e. The number of pyridine rings is 1. The molecule has 0 bridgehead atoms. The predicted molar refractivity (Wildman–Crippen MR) is 77.4 cm³/mol. The first kappa shape index (κ1) is 12.5. The highest BCUT2D eigenvalue weighted by atomic mass is 32.2. The normalized spacial score (nSPS) is 10.8. The summed E-state index contributed by atoms with van der Waals surface area (Å²) >= 11 is 1.25. The van der Waals surface area contributed by atoms with Crippen molar-refractivity contribution in [1.82, 2.24) is 15.0 Å². The van der Waals surface area contributed by atoms with Crippen LogP contribution in [0.4, 0.5) is 5.69 Å². The molecule has 1 amide bonds. The fraction of sp³-hybridized carbons (Fsp3) is 0. The number of carbonyl (C=O) groups is 1. The number of nitrogens with one attached hydrogen (secondary N) is 1. The number of fused-ring (bicyclic) bond motifs is 1. The number of aromatic amines is 1. The highest BCUT2D eigenvalue weighted by Crippen LogP contribution is 2.28. The van der Waals surface area contributed by atoms with E-state index in [9.17, 15) is 4.79 Å². The lowest BCUT2D eigenvalue weighted by Crippen LogP contribution is -2.12. The highest BCUT2D eigenvalue weighted by Gasteiger charge is 2.12. The van der Waals surface area contributed by atoms with Gasteiger partial charge in [0.05, 0.1) is 16.6 Å². The summed E-state index contributed by atoms with van der Waals surface area (Å²) in [5, 5.41) is 1.15. The van der Waals surface area contributed by atoms with E-state index in [0.717, 1.165) is 11.0 Å². The van der Waals surface area contributed by atoms with Gasteiger partial charge in [0.1, 0.15) is 5.03 Å². The molecule has 0 atom stereocenters. The number of hydrogen-bond donors (Lipinski definition) is 3. The number of nitrogens with zero attached hydrogens (tertiary/aromatic N) is 2. The van der Waals surface area contributed by atoms with Crippen molar-refractivity contribution in [2.24, 2.45) is 5.73 Å². The number of hydrogen-bond acceptors (Lipinski definition) is 5. The van der Waals surface area contributed by atoms with Crippen molar-refractivity contribution in [2.45, 2.75) is 10.2 Å². The van der Waals surface area contributed by atoms with Gasteiger partial charge in [0.15, 0.2) is 5.16 Å². The molecule has 0 fully saturated rings. The number of nitrogen functional groups attached to an aromatic ring is 1. The average molecular weight is 285 g/mol. The summed E-state index contributed by atoms with van der Waals surface area (Å²) in [5.74, 6) is -0.513. The van der Waals surface area contributed by atoms with Crippen molar-refractivity contribution < 1.29 is 4.79 Å². The Labute approximate surface area is 118 Å². The van der Waals surface area contributed by atoms with Crippen LogP contribution in [0, 0.1) is 0 Å². The maximum atomic E-state index is 11.4. The predicted octanol–water partition coefficient (Wildman–Crippen LogP) is 1.79. The number of rotatable bonds is 3. The summed E-state index contributed by atoms with van der Waals surface area (Å²) in [4.78, 5) is 23.1. The lowest BCUT2D eigenvalue weighted by molar-refractivity contribution is 0.0997. The minimum atomic E-state index is -0.513. The van der Waals surface area contributed by atoms with Crippen LogP contribution in [-0.4, -0.2) is 20.9 Å². The van der Waals surface area contributed by atoms with Gasteiger partial charge >= 0.3 is 0 Å². The third-order valence-electron chi connectivity index (χ3n) is 2.71. The molecule has 6 nitrogen and oxygen atoms in total. The zero-order valence-electron chi connectivity index (χ0n) is 10.3. The molecule has 0 radical (unpaired) electrons. The molecule has 0 aliphatic carbocycles. The molecule has 2 aromatic heterocycles. The molecule has 0 unspecified atom stereocenters. The minimum Gasteiger partial charge on any atom is -0.399 e. The first-order chi connectivity index (χ1) is 9.63. The molecule has 1 aromatic carbocycles. The maximum Gasteiger partial charge on any atom is 0.251 e. The van der Waals surface area contributed by atoms with Gasteiger partial charge in [-0.3, -0.25) is 4.79 Å². The maximum absolute atomic E-state index is 11.4. The van der Waals surface area contributed by atoms with E-state index in [-0.39, 0.29) is 0 Å². The van der Waals surface area contributed by atoms with Crippen molar-refractivity contribution in [2.75, 3.05) is 5.73 Å². The second kappa shape index (κ2) is 4.86. The first-order valence-corrected chi connectivity index (χ1v) is 6.63. The molecule has 0 aliphatic rings. The number of anilines is 1. The number of carbonyl (C=O) groups excluding carboxylic acids is 1. The number of benzene rings is 1. The number of imidazole rings is 1. The number of aromatic nitrogens is 3. The summed E-state index contributed by atoms with van der Waals surface area (Å²) < 4.78 is 0. The molecule has 3 rings (SSSR count). The Bertz CT molecular complexity index is 798. The van der Waals surface area contributed by atoms with Crippen molar-refractivity contribution in [3.8, 4) is 0 Å². The van der Waals surface area contributed by atoms with Gasteiger partial charge in [0.2, 0.25) is 0 Å². The zero-order valence-corrected chi connectivity index (χ0v) is 11.1. The molecular weight excluding hydrogens is 274 g/mol. The molecule has 2 heterocycles. The van der Waals surface area contributed by atoms with Crippen molar-refractivity contribution in [3.63, 3.8) is 0 Å². The number of H-pyrrole nitrogens is 1. The number of nitrogens with two attached hydrogens (primary N) is 2. The van der Waals surface area contributed by atoms with E-state index in [1.54, 1.807) is 30.5 Å². The molecule has 0 aliphatic heterocycles. The Morgan fingerprint density at radius 3 is 2.95 bits per heavy atom. The van der Waals surface area contributed by atoms with Gasteiger partial charge in [-0.15, -0.1) is 0 Å². The highest BCUT2D eigenvalue weighted by molar-refractivity contribution is 7.99. The summed E-state index contributed by atoms with van der Waals surface area (Å²) in [6.45, 7) is 0. The van der Waals surface area contributed by atoms with Crippen LogP contribution in [0.2, 0.25) is 0 Å². The molecule has 0 spiro atoms. The van der Waals surface area contributed by atoms with E-state index >= 15 is 0 Å². The van der Waals surface area contributed by atoms with Gasteiger partial charge in [-0.2, -0.15) is 0 Å². The van der Waals surface area contributed by atoms with E-state index in [1.165, 1.54) is 11.8 Å². The summed E-state index contributed by atoms with van der Waals surface area (Å²) in [5.41, 5.74) is 13.7. The van der Waals surface area contributed by atoms with Crippen LogP contribution in [0.3, 0.4) is 0 Å². The summed E-state index contributed by atoms with van der Waals surface area (Å²) in [6, 6.07) is 8.73. The van der Waals surface area contributed by atoms with Gasteiger partial charge in [-0.25, -0.2) is 9.97 Å². The molecule has 3 aromatic rings. The Morgan fingerprint density at radius 2 is 2.15 bits per heavy atom. The second-order valence-corrected chi connectivity index (χ2v) is 5.12. The van der Waals surface area contributed by atoms with Crippen LogP contribution in [0.25, 0.3) is 11.0 Å². The van der Waals surface area contributed by atoms with E-state index in [1.807, 2.05) is 6.07 Å². The molecule has 0 saturated carbocycles. The van der Waals surface area contributed by atoms with Gasteiger partial charge in [0.25, 0.3) is 5.91 Å². The standard InChI is InChI=1S/C13H11N5OS/c14-7-3-4-9-10(6-7)18-13(17-9)20-12-8(11(15)19)2-1-5-16-12/h1-6H,14H2,(H2,15,19)(H,17,18). The Kier molecular flexibility index (Phi) is 3.03. The Morgan fingerprint density at radius 1 is 1.30 bits per heavy atom. The van der Waals surface area contributed by atoms with Crippen LogP contribution < -0.4 is 11.5 Å². The lowest BCUT2D eigenvalue weighted by atomic mass is 10.3. The molecule has 0 saturated heterocycles. The Balaban J connectivity index is 1.99. The van der Waals surface area contributed by atoms with Crippen LogP contribution in [0.1, 0.15) is 10.4 Å². The van der Waals surface area contributed by atoms with Gasteiger partial charge in [-0.05, 0) is 42.1 Å². The topological polar surface area (TPSA) is 111 Å². The third kappa shape index (κ3) is 2.30. The van der Waals surface area contributed by atoms with E-state index in [2.05, 4.69) is 15.0 Å². The molecule has 5 N–H and O–H groups in total. The fourth-order valence-corrected chi connectivity index (χ4v) is 2.68. The molecule has 20 heavy (non-hydrogen) atoms. The Hall–Kier alpha value is -2.54. The van der Waals surface area contributed by atoms with Crippen molar-refractivity contribution in [1.29, 1.82) is 0 Å². The zero-order chi connectivity index (χ0) is 14.1. The number of primary amides is 1. The van der Waals surface area contributed by atoms with Crippen LogP contribution in [0.15, 0.2) is 46.7 Å². The fourth-order valence-electron chi connectivity index (χ4n) is 1.80. The van der Waals surface area contributed by atoms with Crippen molar-refractivity contribution in [3.05, 3.63) is 42.1 Å². The van der Waals surface area contributed by atoms with E-state index in [0.29, 0.717) is 21.4 Å². The summed E-state index contributed by atoms with van der Waals surface area (Å²) in [7, 11) is 0.